The molecule has 0 spiro atoms. The van der Waals surface area contributed by atoms with Crippen LogP contribution in [-0.2, 0) is 9.59 Å². The second-order valence-corrected chi connectivity index (χ2v) is 1.66. The standard InChI is InChI=1S/C4H7N3O.C2H4O2/c5-1-2-7-4(8)3-6;1-2(3)4/h2-3,6H2,(H,7,8);1H3,(H,3,4). The van der Waals surface area contributed by atoms with Gasteiger partial charge >= 0.3 is 0 Å². The predicted molar refractivity (Wildman–Crippen MR) is 41.0 cm³/mol. The van der Waals surface area contributed by atoms with Gasteiger partial charge in [-0.3, -0.25) is 9.59 Å². The zero-order valence-electron chi connectivity index (χ0n) is 6.70. The summed E-state index contributed by atoms with van der Waals surface area (Å²) in [5, 5.41) is 17.6. The van der Waals surface area contributed by atoms with Crippen molar-refractivity contribution >= 4 is 11.9 Å². The highest BCUT2D eigenvalue weighted by Crippen LogP contribution is 1.55. The van der Waals surface area contributed by atoms with E-state index in [1.54, 1.807) is 6.07 Å². The maximum absolute atomic E-state index is 10.2. The molecule has 0 saturated heterocycles. The molecule has 0 aliphatic heterocycles. The first-order valence-corrected chi connectivity index (χ1v) is 3.07. The van der Waals surface area contributed by atoms with Gasteiger partial charge in [-0.2, -0.15) is 5.26 Å². The lowest BCUT2D eigenvalue weighted by molar-refractivity contribution is -0.134. The van der Waals surface area contributed by atoms with E-state index >= 15 is 0 Å². The quantitative estimate of drug-likeness (QED) is 0.447. The van der Waals surface area contributed by atoms with Crippen molar-refractivity contribution in [1.82, 2.24) is 5.32 Å². The molecule has 0 rings (SSSR count). The summed E-state index contributed by atoms with van der Waals surface area (Å²) >= 11 is 0. The lowest BCUT2D eigenvalue weighted by atomic mass is 10.6. The Morgan fingerprint density at radius 1 is 1.67 bits per heavy atom. The van der Waals surface area contributed by atoms with Gasteiger partial charge in [0.05, 0.1) is 12.6 Å². The van der Waals surface area contributed by atoms with Gasteiger partial charge in [0, 0.05) is 6.92 Å². The molecule has 0 radical (unpaired) electrons. The van der Waals surface area contributed by atoms with Crippen molar-refractivity contribution in [2.24, 2.45) is 5.73 Å². The summed E-state index contributed by atoms with van der Waals surface area (Å²) in [6, 6.07) is 1.75. The van der Waals surface area contributed by atoms with Gasteiger partial charge in [0.1, 0.15) is 6.54 Å². The van der Waals surface area contributed by atoms with Gasteiger partial charge in [0.15, 0.2) is 0 Å². The largest absolute Gasteiger partial charge is 0.481 e. The van der Waals surface area contributed by atoms with Gasteiger partial charge < -0.3 is 16.2 Å². The molecule has 0 atom stereocenters. The molecule has 0 bridgehead atoms. The van der Waals surface area contributed by atoms with E-state index in [0.29, 0.717) is 0 Å². The van der Waals surface area contributed by atoms with Gasteiger partial charge in [0.2, 0.25) is 5.91 Å². The van der Waals surface area contributed by atoms with E-state index in [-0.39, 0.29) is 19.0 Å². The van der Waals surface area contributed by atoms with Crippen LogP contribution in [-0.4, -0.2) is 30.1 Å². The minimum Gasteiger partial charge on any atom is -0.481 e. The van der Waals surface area contributed by atoms with E-state index in [2.05, 4.69) is 5.32 Å². The van der Waals surface area contributed by atoms with Crippen molar-refractivity contribution in [1.29, 1.82) is 5.26 Å². The molecule has 0 aromatic carbocycles. The molecule has 0 fully saturated rings. The van der Waals surface area contributed by atoms with Crippen LogP contribution < -0.4 is 11.1 Å². The Morgan fingerprint density at radius 2 is 2.08 bits per heavy atom. The Hall–Kier alpha value is -1.61. The fourth-order valence-corrected chi connectivity index (χ4v) is 0.210. The summed E-state index contributed by atoms with van der Waals surface area (Å²) in [5.41, 5.74) is 4.89. The van der Waals surface area contributed by atoms with Crippen LogP contribution >= 0.6 is 0 Å². The Bertz CT molecular complexity index is 181. The fourth-order valence-electron chi connectivity index (χ4n) is 0.210. The Balaban J connectivity index is 0. The third-order valence-electron chi connectivity index (χ3n) is 0.550. The minimum atomic E-state index is -0.833. The maximum Gasteiger partial charge on any atom is 0.300 e. The molecule has 0 aliphatic rings. The summed E-state index contributed by atoms with van der Waals surface area (Å²) in [4.78, 5) is 19.2. The van der Waals surface area contributed by atoms with Crippen molar-refractivity contribution in [3.63, 3.8) is 0 Å². The number of carboxylic acid groups (broad SMARTS) is 1. The molecule has 12 heavy (non-hydrogen) atoms. The topological polar surface area (TPSA) is 116 Å². The average Bonchev–Trinajstić information content (AvgIpc) is 1.99. The number of nitriles is 1. The van der Waals surface area contributed by atoms with Gasteiger partial charge in [-0.25, -0.2) is 0 Å². The van der Waals surface area contributed by atoms with Gasteiger partial charge in [0.25, 0.3) is 5.97 Å². The van der Waals surface area contributed by atoms with Crippen LogP contribution in [0.25, 0.3) is 0 Å². The molecule has 0 aromatic heterocycles. The SMILES string of the molecule is CC(=O)O.N#CCNC(=O)CN. The highest BCUT2D eigenvalue weighted by Gasteiger charge is 1.90. The van der Waals surface area contributed by atoms with Crippen LogP contribution in [0.4, 0.5) is 0 Å². The van der Waals surface area contributed by atoms with Crippen molar-refractivity contribution in [3.05, 3.63) is 0 Å². The summed E-state index contributed by atoms with van der Waals surface area (Å²) < 4.78 is 0. The smallest absolute Gasteiger partial charge is 0.300 e. The molecule has 6 nitrogen and oxygen atoms in total. The number of carboxylic acids is 1. The average molecular weight is 173 g/mol. The molecular formula is C6H11N3O3. The molecular weight excluding hydrogens is 162 g/mol. The van der Waals surface area contributed by atoms with Crippen molar-refractivity contribution in [3.8, 4) is 6.07 Å². The molecule has 0 saturated carbocycles. The van der Waals surface area contributed by atoms with Crippen LogP contribution in [0.1, 0.15) is 6.92 Å². The molecule has 1 amide bonds. The van der Waals surface area contributed by atoms with Gasteiger partial charge in [-0.05, 0) is 0 Å². The van der Waals surface area contributed by atoms with E-state index in [9.17, 15) is 4.79 Å². The van der Waals surface area contributed by atoms with Crippen molar-refractivity contribution < 1.29 is 14.7 Å². The molecule has 0 unspecified atom stereocenters. The Morgan fingerprint density at radius 3 is 2.33 bits per heavy atom. The van der Waals surface area contributed by atoms with Crippen LogP contribution in [0.5, 0.6) is 0 Å². The third kappa shape index (κ3) is 23.8. The van der Waals surface area contributed by atoms with E-state index in [0.717, 1.165) is 6.92 Å². The number of carbonyl (C=O) groups excluding carboxylic acids is 1. The number of amides is 1. The molecule has 0 aromatic rings. The van der Waals surface area contributed by atoms with Crippen LogP contribution in [0.2, 0.25) is 0 Å². The van der Waals surface area contributed by atoms with Crippen LogP contribution in [0.3, 0.4) is 0 Å². The summed E-state index contributed by atoms with van der Waals surface area (Å²) in [5.74, 6) is -1.13. The zero-order chi connectivity index (χ0) is 9.98. The summed E-state index contributed by atoms with van der Waals surface area (Å²) in [7, 11) is 0. The lowest BCUT2D eigenvalue weighted by Gasteiger charge is -1.92. The number of nitrogens with two attached hydrogens (primary N) is 1. The Labute approximate surface area is 70.0 Å². The van der Waals surface area contributed by atoms with Gasteiger partial charge in [-0.15, -0.1) is 0 Å². The fraction of sp³-hybridized carbons (Fsp3) is 0.500. The second-order valence-electron chi connectivity index (χ2n) is 1.66. The first-order chi connectivity index (χ1) is 5.54. The lowest BCUT2D eigenvalue weighted by Crippen LogP contribution is -2.30. The van der Waals surface area contributed by atoms with Crippen molar-refractivity contribution in [2.45, 2.75) is 6.92 Å². The number of aliphatic carboxylic acids is 1. The molecule has 68 valence electrons. The number of hydrogen-bond acceptors (Lipinski definition) is 4. The van der Waals surface area contributed by atoms with Crippen LogP contribution in [0.15, 0.2) is 0 Å². The normalized spacial score (nSPS) is 7.08. The predicted octanol–water partition coefficient (Wildman–Crippen LogP) is -1.32. The van der Waals surface area contributed by atoms with Crippen molar-refractivity contribution in [2.75, 3.05) is 13.1 Å². The third-order valence-corrected chi connectivity index (χ3v) is 0.550. The number of hydrogen-bond donors (Lipinski definition) is 3. The van der Waals surface area contributed by atoms with E-state index in [1.165, 1.54) is 0 Å². The summed E-state index contributed by atoms with van der Waals surface area (Å²) in [6.07, 6.45) is 0. The molecule has 0 heterocycles. The molecule has 4 N–H and O–H groups in total. The van der Waals surface area contributed by atoms with E-state index in [1.807, 2.05) is 0 Å². The molecule has 0 aliphatic carbocycles. The number of rotatable bonds is 2. The van der Waals surface area contributed by atoms with Crippen LogP contribution in [0, 0.1) is 11.3 Å². The van der Waals surface area contributed by atoms with Gasteiger partial charge in [-0.1, -0.05) is 0 Å². The highest BCUT2D eigenvalue weighted by molar-refractivity contribution is 5.77. The zero-order valence-corrected chi connectivity index (χ0v) is 6.70. The second kappa shape index (κ2) is 9.39. The van der Waals surface area contributed by atoms with E-state index < -0.39 is 5.97 Å². The minimum absolute atomic E-state index is 0.0377. The number of carbonyl (C=O) groups is 2. The summed E-state index contributed by atoms with van der Waals surface area (Å²) in [6.45, 7) is 1.07. The first kappa shape index (κ1) is 13.0. The van der Waals surface area contributed by atoms with E-state index in [4.69, 9.17) is 20.9 Å². The number of nitrogens with zero attached hydrogens (tertiary/aromatic N) is 1. The maximum atomic E-state index is 10.2. The number of nitrogens with one attached hydrogen (secondary N) is 1. The highest BCUT2D eigenvalue weighted by atomic mass is 16.4. The molecule has 6 heteroatoms. The monoisotopic (exact) mass is 173 g/mol. The Kier molecular flexibility index (Phi) is 10.2. The first-order valence-electron chi connectivity index (χ1n) is 3.07.